The first kappa shape index (κ1) is 18.2. The second-order valence-corrected chi connectivity index (χ2v) is 7.29. The van der Waals surface area contributed by atoms with E-state index in [9.17, 15) is 9.59 Å². The number of hydrogen-bond donors (Lipinski definition) is 2. The van der Waals surface area contributed by atoms with Crippen molar-refractivity contribution in [2.45, 2.75) is 26.7 Å². The van der Waals surface area contributed by atoms with Crippen LogP contribution >= 0.6 is 31.9 Å². The van der Waals surface area contributed by atoms with Gasteiger partial charge in [-0.2, -0.15) is 0 Å². The first-order chi connectivity index (χ1) is 9.77. The van der Waals surface area contributed by atoms with Gasteiger partial charge in [0.2, 0.25) is 0 Å². The lowest BCUT2D eigenvalue weighted by molar-refractivity contribution is -0.138. The summed E-state index contributed by atoms with van der Waals surface area (Å²) in [6, 6.07) is 5.31. The topological polar surface area (TPSA) is 66.4 Å². The van der Waals surface area contributed by atoms with Gasteiger partial charge >= 0.3 is 5.97 Å². The average Bonchev–Trinajstić information content (AvgIpc) is 2.32. The Hall–Kier alpha value is -0.880. The molecule has 0 saturated carbocycles. The summed E-state index contributed by atoms with van der Waals surface area (Å²) < 4.78 is 1.62. The summed E-state index contributed by atoms with van der Waals surface area (Å²) in [4.78, 5) is 23.0. The number of benzene rings is 1. The minimum Gasteiger partial charge on any atom is -0.481 e. The quantitative estimate of drug-likeness (QED) is 0.698. The number of aliphatic carboxylic acids is 1. The average molecular weight is 421 g/mol. The second kappa shape index (κ2) is 8.54. The van der Waals surface area contributed by atoms with E-state index in [1.165, 1.54) is 0 Å². The Morgan fingerprint density at radius 2 is 1.76 bits per heavy atom. The van der Waals surface area contributed by atoms with Crippen LogP contribution in [0.5, 0.6) is 0 Å². The molecular weight excluding hydrogens is 402 g/mol. The van der Waals surface area contributed by atoms with E-state index in [4.69, 9.17) is 5.11 Å². The molecule has 0 fully saturated rings. The Morgan fingerprint density at radius 1 is 1.19 bits per heavy atom. The van der Waals surface area contributed by atoms with E-state index in [1.807, 2.05) is 19.9 Å². The summed E-state index contributed by atoms with van der Waals surface area (Å²) in [5.41, 5.74) is 0.537. The van der Waals surface area contributed by atoms with Gasteiger partial charge in [0.05, 0.1) is 0 Å². The number of amides is 1. The maximum atomic E-state index is 12.1. The van der Waals surface area contributed by atoms with Crippen molar-refractivity contribution in [3.05, 3.63) is 32.7 Å². The highest BCUT2D eigenvalue weighted by atomic mass is 79.9. The highest BCUT2D eigenvalue weighted by Gasteiger charge is 2.17. The summed E-state index contributed by atoms with van der Waals surface area (Å²) in [5, 5.41) is 11.7. The molecule has 1 aromatic rings. The van der Waals surface area contributed by atoms with E-state index in [2.05, 4.69) is 37.2 Å². The molecule has 116 valence electrons. The predicted molar refractivity (Wildman–Crippen MR) is 89.4 cm³/mol. The van der Waals surface area contributed by atoms with Crippen molar-refractivity contribution in [1.29, 1.82) is 0 Å². The predicted octanol–water partition coefficient (Wildman–Crippen LogP) is 4.08. The molecule has 1 unspecified atom stereocenters. The molecule has 1 atom stereocenters. The van der Waals surface area contributed by atoms with Crippen molar-refractivity contribution >= 4 is 43.7 Å². The molecule has 6 heteroatoms. The van der Waals surface area contributed by atoms with E-state index in [1.54, 1.807) is 12.1 Å². The van der Waals surface area contributed by atoms with Gasteiger partial charge in [-0.15, -0.1) is 0 Å². The third-order valence-electron chi connectivity index (χ3n) is 2.94. The van der Waals surface area contributed by atoms with Crippen LogP contribution < -0.4 is 5.32 Å². The van der Waals surface area contributed by atoms with Crippen molar-refractivity contribution < 1.29 is 14.7 Å². The first-order valence-electron chi connectivity index (χ1n) is 6.74. The molecule has 0 spiro atoms. The van der Waals surface area contributed by atoms with E-state index in [0.717, 1.165) is 15.4 Å². The van der Waals surface area contributed by atoms with Crippen molar-refractivity contribution in [3.63, 3.8) is 0 Å². The zero-order chi connectivity index (χ0) is 16.0. The highest BCUT2D eigenvalue weighted by Crippen LogP contribution is 2.20. The van der Waals surface area contributed by atoms with Crippen molar-refractivity contribution in [2.75, 3.05) is 6.54 Å². The van der Waals surface area contributed by atoms with Crippen molar-refractivity contribution in [1.82, 2.24) is 5.32 Å². The molecule has 1 aromatic carbocycles. The lowest BCUT2D eigenvalue weighted by atomic mass is 9.94. The second-order valence-electron chi connectivity index (χ2n) is 5.46. The van der Waals surface area contributed by atoms with Gasteiger partial charge in [0, 0.05) is 27.5 Å². The van der Waals surface area contributed by atoms with E-state index >= 15 is 0 Å². The molecule has 1 amide bonds. The van der Waals surface area contributed by atoms with Crippen molar-refractivity contribution in [3.8, 4) is 0 Å². The standard InChI is InChI=1S/C15H19Br2NO3/c1-9(2)3-10(4-14(19)20)8-18-15(21)11-5-12(16)7-13(17)6-11/h5-7,9-10H,3-4,8H2,1-2H3,(H,18,21)(H,19,20). The SMILES string of the molecule is CC(C)CC(CNC(=O)c1cc(Br)cc(Br)c1)CC(=O)O. The van der Waals surface area contributed by atoms with Gasteiger partial charge in [0.25, 0.3) is 5.91 Å². The van der Waals surface area contributed by atoms with E-state index in [-0.39, 0.29) is 18.2 Å². The molecule has 2 N–H and O–H groups in total. The molecule has 0 aromatic heterocycles. The highest BCUT2D eigenvalue weighted by molar-refractivity contribution is 9.11. The molecule has 0 aliphatic rings. The van der Waals surface area contributed by atoms with Gasteiger partial charge in [-0.1, -0.05) is 45.7 Å². The van der Waals surface area contributed by atoms with E-state index < -0.39 is 5.97 Å². The molecular formula is C15H19Br2NO3. The number of rotatable bonds is 7. The van der Waals surface area contributed by atoms with Crippen LogP contribution in [0.4, 0.5) is 0 Å². The summed E-state index contributed by atoms with van der Waals surface area (Å²) in [6.07, 6.45) is 0.843. The lowest BCUT2D eigenvalue weighted by Gasteiger charge is -2.18. The van der Waals surface area contributed by atoms with Crippen LogP contribution in [0.15, 0.2) is 27.1 Å². The van der Waals surface area contributed by atoms with Gasteiger partial charge in [0.1, 0.15) is 0 Å². The summed E-state index contributed by atoms with van der Waals surface area (Å²) in [5.74, 6) is -0.690. The molecule has 0 heterocycles. The van der Waals surface area contributed by atoms with Crippen LogP contribution in [0.2, 0.25) is 0 Å². The third kappa shape index (κ3) is 7.09. The van der Waals surface area contributed by atoms with Crippen LogP contribution in [0.1, 0.15) is 37.0 Å². The Labute approximate surface area is 141 Å². The zero-order valence-electron chi connectivity index (χ0n) is 12.0. The Bertz CT molecular complexity index is 497. The number of nitrogens with one attached hydrogen (secondary N) is 1. The molecule has 0 radical (unpaired) electrons. The number of carbonyl (C=O) groups excluding carboxylic acids is 1. The normalized spacial score (nSPS) is 12.2. The van der Waals surface area contributed by atoms with Crippen molar-refractivity contribution in [2.24, 2.45) is 11.8 Å². The fourth-order valence-corrected chi connectivity index (χ4v) is 3.47. The van der Waals surface area contributed by atoms with Gasteiger partial charge in [-0.05, 0) is 36.5 Å². The lowest BCUT2D eigenvalue weighted by Crippen LogP contribution is -2.31. The van der Waals surface area contributed by atoms with Crippen LogP contribution in [0, 0.1) is 11.8 Å². The third-order valence-corrected chi connectivity index (χ3v) is 3.86. The van der Waals surface area contributed by atoms with Gasteiger partial charge < -0.3 is 10.4 Å². The van der Waals surface area contributed by atoms with Crippen LogP contribution in [0.25, 0.3) is 0 Å². The minimum absolute atomic E-state index is 0.0537. The molecule has 4 nitrogen and oxygen atoms in total. The Morgan fingerprint density at radius 3 is 2.24 bits per heavy atom. The number of halogens is 2. The fraction of sp³-hybridized carbons (Fsp3) is 0.467. The molecule has 0 aliphatic carbocycles. The van der Waals surface area contributed by atoms with Gasteiger partial charge in [-0.3, -0.25) is 9.59 Å². The molecule has 0 saturated heterocycles. The summed E-state index contributed by atoms with van der Waals surface area (Å²) in [7, 11) is 0. The monoisotopic (exact) mass is 419 g/mol. The first-order valence-corrected chi connectivity index (χ1v) is 8.32. The smallest absolute Gasteiger partial charge is 0.303 e. The largest absolute Gasteiger partial charge is 0.481 e. The number of carbonyl (C=O) groups is 2. The molecule has 21 heavy (non-hydrogen) atoms. The number of carboxylic acid groups (broad SMARTS) is 1. The van der Waals surface area contributed by atoms with Crippen LogP contribution in [-0.2, 0) is 4.79 Å². The fourth-order valence-electron chi connectivity index (χ4n) is 2.18. The van der Waals surface area contributed by atoms with Crippen LogP contribution in [-0.4, -0.2) is 23.5 Å². The number of carboxylic acids is 1. The van der Waals surface area contributed by atoms with E-state index in [0.29, 0.717) is 18.0 Å². The summed E-state index contributed by atoms with van der Waals surface area (Å²) >= 11 is 6.68. The zero-order valence-corrected chi connectivity index (χ0v) is 15.2. The van der Waals surface area contributed by atoms with Gasteiger partial charge in [0.15, 0.2) is 0 Å². The minimum atomic E-state index is -0.833. The van der Waals surface area contributed by atoms with Crippen LogP contribution in [0.3, 0.4) is 0 Å². The Balaban J connectivity index is 2.65. The molecule has 0 aliphatic heterocycles. The maximum absolute atomic E-state index is 12.1. The maximum Gasteiger partial charge on any atom is 0.303 e. The van der Waals surface area contributed by atoms with Gasteiger partial charge in [-0.25, -0.2) is 0 Å². The summed E-state index contributed by atoms with van der Waals surface area (Å²) in [6.45, 7) is 4.46. The Kier molecular flexibility index (Phi) is 7.39. The number of hydrogen-bond acceptors (Lipinski definition) is 2. The molecule has 0 bridgehead atoms. The molecule has 1 rings (SSSR count).